The highest BCUT2D eigenvalue weighted by Crippen LogP contribution is 2.14. The third-order valence-corrected chi connectivity index (χ3v) is 3.62. The molecule has 2 aromatic carbocycles. The molecule has 0 saturated carbocycles. The maximum Gasteiger partial charge on any atom is 0.191 e. The Morgan fingerprint density at radius 2 is 1.76 bits per heavy atom. The average molecular weight is 457 g/mol. The molecule has 0 aromatic heterocycles. The Kier molecular flexibility index (Phi) is 10.1. The zero-order valence-electron chi connectivity index (χ0n) is 14.5. The van der Waals surface area contributed by atoms with Crippen molar-refractivity contribution in [2.24, 2.45) is 4.99 Å². The first-order chi connectivity index (χ1) is 11.7. The van der Waals surface area contributed by atoms with Crippen LogP contribution in [0.2, 0.25) is 0 Å². The van der Waals surface area contributed by atoms with E-state index in [1.165, 1.54) is 6.07 Å². The van der Waals surface area contributed by atoms with Gasteiger partial charge in [-0.3, -0.25) is 0 Å². The standard InChI is InChI=1S/C19H24FN3O.HI/c1-3-21-19(22-13-16-11-7-8-12-17(16)20)23-14-18(24-2)15-9-5-4-6-10-15;/h4-12,18H,3,13-14H2,1-2H3,(H2,21,22,23);1H. The van der Waals surface area contributed by atoms with E-state index < -0.39 is 0 Å². The Hall–Kier alpha value is -1.67. The van der Waals surface area contributed by atoms with Crippen LogP contribution in [0.1, 0.15) is 24.2 Å². The fraction of sp³-hybridized carbons (Fsp3) is 0.316. The van der Waals surface area contributed by atoms with Crippen LogP contribution in [-0.4, -0.2) is 26.2 Å². The zero-order chi connectivity index (χ0) is 17.2. The Labute approximate surface area is 165 Å². The highest BCUT2D eigenvalue weighted by Gasteiger charge is 2.10. The van der Waals surface area contributed by atoms with Crippen molar-refractivity contribution in [3.8, 4) is 0 Å². The van der Waals surface area contributed by atoms with Gasteiger partial charge in [-0.25, -0.2) is 9.38 Å². The first kappa shape index (κ1) is 21.4. The van der Waals surface area contributed by atoms with Gasteiger partial charge in [0.05, 0.1) is 12.6 Å². The van der Waals surface area contributed by atoms with E-state index in [9.17, 15) is 4.39 Å². The molecule has 25 heavy (non-hydrogen) atoms. The molecule has 1 unspecified atom stereocenters. The van der Waals surface area contributed by atoms with Gasteiger partial charge < -0.3 is 15.4 Å². The third-order valence-electron chi connectivity index (χ3n) is 3.62. The van der Waals surface area contributed by atoms with Gasteiger partial charge in [-0.15, -0.1) is 24.0 Å². The van der Waals surface area contributed by atoms with Gasteiger partial charge in [0.1, 0.15) is 5.82 Å². The molecular weight excluding hydrogens is 432 g/mol. The molecule has 136 valence electrons. The number of ether oxygens (including phenoxy) is 1. The number of aliphatic imine (C=N–C) groups is 1. The maximum atomic E-state index is 13.7. The summed E-state index contributed by atoms with van der Waals surface area (Å²) in [4.78, 5) is 4.44. The molecule has 6 heteroatoms. The van der Waals surface area contributed by atoms with Crippen LogP contribution in [-0.2, 0) is 11.3 Å². The van der Waals surface area contributed by atoms with E-state index in [1.807, 2.05) is 43.3 Å². The van der Waals surface area contributed by atoms with Crippen molar-refractivity contribution in [2.45, 2.75) is 19.6 Å². The van der Waals surface area contributed by atoms with E-state index >= 15 is 0 Å². The van der Waals surface area contributed by atoms with Crippen LogP contribution in [0.5, 0.6) is 0 Å². The van der Waals surface area contributed by atoms with Crippen LogP contribution in [0, 0.1) is 5.82 Å². The Morgan fingerprint density at radius 3 is 2.40 bits per heavy atom. The van der Waals surface area contributed by atoms with E-state index in [-0.39, 0.29) is 42.4 Å². The Balaban J connectivity index is 0.00000312. The van der Waals surface area contributed by atoms with Gasteiger partial charge in [-0.2, -0.15) is 0 Å². The van der Waals surface area contributed by atoms with E-state index in [1.54, 1.807) is 19.2 Å². The molecule has 0 bridgehead atoms. The Bertz CT molecular complexity index is 652. The molecule has 2 aromatic rings. The highest BCUT2D eigenvalue weighted by atomic mass is 127. The molecule has 1 atom stereocenters. The minimum atomic E-state index is -0.240. The minimum Gasteiger partial charge on any atom is -0.375 e. The first-order valence-electron chi connectivity index (χ1n) is 8.08. The molecule has 0 saturated heterocycles. The summed E-state index contributed by atoms with van der Waals surface area (Å²) in [6.45, 7) is 3.58. The molecule has 2 rings (SSSR count). The summed E-state index contributed by atoms with van der Waals surface area (Å²) in [5, 5.41) is 6.42. The van der Waals surface area contributed by atoms with E-state index in [0.717, 1.165) is 12.1 Å². The highest BCUT2D eigenvalue weighted by molar-refractivity contribution is 14.0. The van der Waals surface area contributed by atoms with Crippen molar-refractivity contribution in [3.63, 3.8) is 0 Å². The van der Waals surface area contributed by atoms with E-state index in [4.69, 9.17) is 4.74 Å². The molecular formula is C19H25FIN3O. The van der Waals surface area contributed by atoms with Crippen molar-refractivity contribution in [1.29, 1.82) is 0 Å². The third kappa shape index (κ3) is 6.99. The molecule has 0 radical (unpaired) electrons. The molecule has 0 fully saturated rings. The second-order valence-electron chi connectivity index (χ2n) is 5.30. The quantitative estimate of drug-likeness (QED) is 0.377. The van der Waals surface area contributed by atoms with Gasteiger partial charge >= 0.3 is 0 Å². The van der Waals surface area contributed by atoms with Crippen LogP contribution in [0.4, 0.5) is 4.39 Å². The van der Waals surface area contributed by atoms with Crippen molar-refractivity contribution < 1.29 is 9.13 Å². The molecule has 4 nitrogen and oxygen atoms in total. The Morgan fingerprint density at radius 1 is 1.08 bits per heavy atom. The zero-order valence-corrected chi connectivity index (χ0v) is 16.9. The topological polar surface area (TPSA) is 45.7 Å². The predicted octanol–water partition coefficient (Wildman–Crippen LogP) is 3.89. The van der Waals surface area contributed by atoms with Gasteiger partial charge in [0.25, 0.3) is 0 Å². The van der Waals surface area contributed by atoms with Gasteiger partial charge in [-0.05, 0) is 18.6 Å². The largest absolute Gasteiger partial charge is 0.375 e. The molecule has 0 aliphatic carbocycles. The van der Waals surface area contributed by atoms with E-state index in [0.29, 0.717) is 18.1 Å². The number of nitrogens with one attached hydrogen (secondary N) is 2. The monoisotopic (exact) mass is 457 g/mol. The number of hydrogen-bond acceptors (Lipinski definition) is 2. The summed E-state index contributed by atoms with van der Waals surface area (Å²) < 4.78 is 19.2. The van der Waals surface area contributed by atoms with Gasteiger partial charge in [0, 0.05) is 25.8 Å². The fourth-order valence-electron chi connectivity index (χ4n) is 2.33. The normalized spacial score (nSPS) is 12.2. The summed E-state index contributed by atoms with van der Waals surface area (Å²) >= 11 is 0. The SMILES string of the molecule is CCNC(=NCc1ccccc1F)NCC(OC)c1ccccc1.I. The molecule has 2 N–H and O–H groups in total. The number of methoxy groups -OCH3 is 1. The minimum absolute atomic E-state index is 0. The lowest BCUT2D eigenvalue weighted by Crippen LogP contribution is -2.39. The molecule has 0 aliphatic rings. The second kappa shape index (κ2) is 11.8. The lowest BCUT2D eigenvalue weighted by Gasteiger charge is -2.18. The van der Waals surface area contributed by atoms with Gasteiger partial charge in [-0.1, -0.05) is 48.5 Å². The lowest BCUT2D eigenvalue weighted by atomic mass is 10.1. The summed E-state index contributed by atoms with van der Waals surface area (Å²) in [6, 6.07) is 16.7. The fourth-order valence-corrected chi connectivity index (χ4v) is 2.33. The number of rotatable bonds is 7. The molecule has 0 amide bonds. The number of halogens is 2. The molecule has 0 heterocycles. The van der Waals surface area contributed by atoms with Gasteiger partial charge in [0.15, 0.2) is 5.96 Å². The van der Waals surface area contributed by atoms with Gasteiger partial charge in [0.2, 0.25) is 0 Å². The lowest BCUT2D eigenvalue weighted by molar-refractivity contribution is 0.106. The molecule has 0 aliphatic heterocycles. The van der Waals surface area contributed by atoms with Crippen LogP contribution in [0.3, 0.4) is 0 Å². The second-order valence-corrected chi connectivity index (χ2v) is 5.30. The number of nitrogens with zero attached hydrogens (tertiary/aromatic N) is 1. The van der Waals surface area contributed by atoms with Crippen molar-refractivity contribution >= 4 is 29.9 Å². The van der Waals surface area contributed by atoms with Crippen molar-refractivity contribution in [2.75, 3.05) is 20.2 Å². The number of guanidine groups is 1. The molecule has 0 spiro atoms. The predicted molar refractivity (Wildman–Crippen MR) is 111 cm³/mol. The number of benzene rings is 2. The first-order valence-corrected chi connectivity index (χ1v) is 8.08. The summed E-state index contributed by atoms with van der Waals surface area (Å²) in [5.74, 6) is 0.398. The summed E-state index contributed by atoms with van der Waals surface area (Å²) in [6.07, 6.45) is -0.0801. The van der Waals surface area contributed by atoms with Crippen LogP contribution in [0.25, 0.3) is 0 Å². The summed E-state index contributed by atoms with van der Waals surface area (Å²) in [5.41, 5.74) is 1.67. The number of hydrogen-bond donors (Lipinski definition) is 2. The van der Waals surface area contributed by atoms with Crippen LogP contribution in [0.15, 0.2) is 59.6 Å². The maximum absolute atomic E-state index is 13.7. The van der Waals surface area contributed by atoms with Crippen molar-refractivity contribution in [3.05, 3.63) is 71.5 Å². The smallest absolute Gasteiger partial charge is 0.191 e. The average Bonchev–Trinajstić information content (AvgIpc) is 2.62. The van der Waals surface area contributed by atoms with Crippen LogP contribution >= 0.6 is 24.0 Å². The van der Waals surface area contributed by atoms with E-state index in [2.05, 4.69) is 15.6 Å². The van der Waals surface area contributed by atoms with Crippen molar-refractivity contribution in [1.82, 2.24) is 10.6 Å². The van der Waals surface area contributed by atoms with Crippen LogP contribution < -0.4 is 10.6 Å². The summed E-state index contributed by atoms with van der Waals surface area (Å²) in [7, 11) is 1.68.